The third-order valence-electron chi connectivity index (χ3n) is 4.49. The molecule has 2 aromatic rings. The van der Waals surface area contributed by atoms with Gasteiger partial charge in [0.25, 0.3) is 5.91 Å². The Morgan fingerprint density at radius 1 is 0.917 bits per heavy atom. The fourth-order valence-electron chi connectivity index (χ4n) is 3.25. The summed E-state index contributed by atoms with van der Waals surface area (Å²) in [6, 6.07) is 9.50. The van der Waals surface area contributed by atoms with E-state index in [1.165, 1.54) is 22.9 Å². The topological polar surface area (TPSA) is 23.6 Å². The summed E-state index contributed by atoms with van der Waals surface area (Å²) in [5.74, 6) is -2.18. The minimum Gasteiger partial charge on any atom is -0.368 e. The zero-order valence-electron chi connectivity index (χ0n) is 13.9. The SMILES string of the molecule is Cc1cccc(C)c1N1CCN(C(=O)c2ccc(F)c(F)c2)CC1. The quantitative estimate of drug-likeness (QED) is 0.841. The molecule has 0 saturated carbocycles. The Kier molecular flexibility index (Phi) is 4.51. The number of halogens is 2. The number of amides is 1. The molecule has 5 heteroatoms. The van der Waals surface area contributed by atoms with Crippen LogP contribution >= 0.6 is 0 Å². The summed E-state index contributed by atoms with van der Waals surface area (Å²) < 4.78 is 26.3. The summed E-state index contributed by atoms with van der Waals surface area (Å²) in [6.07, 6.45) is 0. The average molecular weight is 330 g/mol. The monoisotopic (exact) mass is 330 g/mol. The molecule has 1 aliphatic heterocycles. The van der Waals surface area contributed by atoms with Crippen molar-refractivity contribution in [3.05, 3.63) is 64.7 Å². The molecular weight excluding hydrogens is 310 g/mol. The fraction of sp³-hybridized carbons (Fsp3) is 0.316. The van der Waals surface area contributed by atoms with Crippen molar-refractivity contribution in [1.82, 2.24) is 4.90 Å². The van der Waals surface area contributed by atoms with Crippen molar-refractivity contribution >= 4 is 11.6 Å². The summed E-state index contributed by atoms with van der Waals surface area (Å²) in [5.41, 5.74) is 3.85. The number of para-hydroxylation sites is 1. The maximum Gasteiger partial charge on any atom is 0.254 e. The fourth-order valence-corrected chi connectivity index (χ4v) is 3.25. The number of benzene rings is 2. The maximum absolute atomic E-state index is 13.3. The number of hydrogen-bond donors (Lipinski definition) is 0. The van der Waals surface area contributed by atoms with Gasteiger partial charge in [0.1, 0.15) is 0 Å². The van der Waals surface area contributed by atoms with Gasteiger partial charge in [0.2, 0.25) is 0 Å². The molecule has 1 aliphatic rings. The lowest BCUT2D eigenvalue weighted by atomic mass is 10.1. The molecule has 126 valence electrons. The van der Waals surface area contributed by atoms with E-state index < -0.39 is 11.6 Å². The van der Waals surface area contributed by atoms with Gasteiger partial charge in [-0.3, -0.25) is 4.79 Å². The normalized spacial score (nSPS) is 14.8. The van der Waals surface area contributed by atoms with E-state index in [-0.39, 0.29) is 11.5 Å². The van der Waals surface area contributed by atoms with E-state index in [0.29, 0.717) is 13.1 Å². The van der Waals surface area contributed by atoms with E-state index in [0.717, 1.165) is 25.2 Å². The first-order valence-electron chi connectivity index (χ1n) is 8.03. The van der Waals surface area contributed by atoms with Crippen LogP contribution in [0.5, 0.6) is 0 Å². The smallest absolute Gasteiger partial charge is 0.254 e. The van der Waals surface area contributed by atoms with Gasteiger partial charge in [0, 0.05) is 37.4 Å². The Morgan fingerprint density at radius 2 is 1.54 bits per heavy atom. The van der Waals surface area contributed by atoms with Crippen LogP contribution in [0.2, 0.25) is 0 Å². The van der Waals surface area contributed by atoms with Gasteiger partial charge in [-0.15, -0.1) is 0 Å². The summed E-state index contributed by atoms with van der Waals surface area (Å²) in [7, 11) is 0. The van der Waals surface area contributed by atoms with Crippen molar-refractivity contribution in [1.29, 1.82) is 0 Å². The summed E-state index contributed by atoms with van der Waals surface area (Å²) >= 11 is 0. The van der Waals surface area contributed by atoms with Crippen LogP contribution in [0.3, 0.4) is 0 Å². The van der Waals surface area contributed by atoms with E-state index >= 15 is 0 Å². The molecule has 1 saturated heterocycles. The summed E-state index contributed by atoms with van der Waals surface area (Å²) in [4.78, 5) is 16.4. The largest absolute Gasteiger partial charge is 0.368 e. The Labute approximate surface area is 140 Å². The van der Waals surface area contributed by atoms with Crippen molar-refractivity contribution in [3.8, 4) is 0 Å². The highest BCUT2D eigenvalue weighted by Gasteiger charge is 2.24. The van der Waals surface area contributed by atoms with E-state index in [2.05, 4.69) is 30.9 Å². The highest BCUT2D eigenvalue weighted by Crippen LogP contribution is 2.26. The van der Waals surface area contributed by atoms with Gasteiger partial charge in [0.05, 0.1) is 0 Å². The standard InChI is InChI=1S/C19H20F2N2O/c1-13-4-3-5-14(2)18(13)22-8-10-23(11-9-22)19(24)15-6-7-16(20)17(21)12-15/h3-7,12H,8-11H2,1-2H3. The first-order chi connectivity index (χ1) is 11.5. The predicted molar refractivity (Wildman–Crippen MR) is 90.4 cm³/mol. The Hall–Kier alpha value is -2.43. The molecule has 1 fully saturated rings. The van der Waals surface area contributed by atoms with Crippen LogP contribution in [0.4, 0.5) is 14.5 Å². The average Bonchev–Trinajstić information content (AvgIpc) is 2.57. The lowest BCUT2D eigenvalue weighted by Crippen LogP contribution is -2.49. The van der Waals surface area contributed by atoms with Crippen LogP contribution in [0.15, 0.2) is 36.4 Å². The minimum atomic E-state index is -0.991. The van der Waals surface area contributed by atoms with Gasteiger partial charge in [-0.1, -0.05) is 18.2 Å². The molecule has 0 bridgehead atoms. The van der Waals surface area contributed by atoms with Crippen molar-refractivity contribution in [2.45, 2.75) is 13.8 Å². The molecule has 3 nitrogen and oxygen atoms in total. The molecular formula is C19H20F2N2O. The zero-order chi connectivity index (χ0) is 17.3. The lowest BCUT2D eigenvalue weighted by Gasteiger charge is -2.37. The molecule has 0 atom stereocenters. The molecule has 0 N–H and O–H groups in total. The van der Waals surface area contributed by atoms with Crippen molar-refractivity contribution in [2.75, 3.05) is 31.1 Å². The van der Waals surface area contributed by atoms with Gasteiger partial charge in [-0.05, 0) is 43.2 Å². The highest BCUT2D eigenvalue weighted by atomic mass is 19.2. The molecule has 3 rings (SSSR count). The maximum atomic E-state index is 13.3. The van der Waals surface area contributed by atoms with Crippen LogP contribution in [0.25, 0.3) is 0 Å². The first kappa shape index (κ1) is 16.4. The second-order valence-electron chi connectivity index (χ2n) is 6.15. The number of piperazine rings is 1. The van der Waals surface area contributed by atoms with E-state index in [1.807, 2.05) is 6.07 Å². The molecule has 0 aromatic heterocycles. The van der Waals surface area contributed by atoms with Crippen molar-refractivity contribution in [3.63, 3.8) is 0 Å². The van der Waals surface area contributed by atoms with Gasteiger partial charge in [0.15, 0.2) is 11.6 Å². The molecule has 0 aliphatic carbocycles. The Bertz CT molecular complexity index is 748. The van der Waals surface area contributed by atoms with Crippen LogP contribution < -0.4 is 4.90 Å². The highest BCUT2D eigenvalue weighted by molar-refractivity contribution is 5.94. The molecule has 0 radical (unpaired) electrons. The molecule has 24 heavy (non-hydrogen) atoms. The van der Waals surface area contributed by atoms with Crippen LogP contribution in [-0.2, 0) is 0 Å². The molecule has 0 unspecified atom stereocenters. The minimum absolute atomic E-state index is 0.189. The lowest BCUT2D eigenvalue weighted by molar-refractivity contribution is 0.0746. The number of carbonyl (C=O) groups is 1. The van der Waals surface area contributed by atoms with Crippen LogP contribution in [0, 0.1) is 25.5 Å². The first-order valence-corrected chi connectivity index (χ1v) is 8.03. The van der Waals surface area contributed by atoms with Gasteiger partial charge in [-0.25, -0.2) is 8.78 Å². The van der Waals surface area contributed by atoms with E-state index in [4.69, 9.17) is 0 Å². The number of anilines is 1. The number of rotatable bonds is 2. The second-order valence-corrected chi connectivity index (χ2v) is 6.15. The molecule has 1 heterocycles. The number of hydrogen-bond acceptors (Lipinski definition) is 2. The number of nitrogens with zero attached hydrogens (tertiary/aromatic N) is 2. The van der Waals surface area contributed by atoms with Crippen molar-refractivity contribution < 1.29 is 13.6 Å². The number of carbonyl (C=O) groups excluding carboxylic acids is 1. The molecule has 0 spiro atoms. The van der Waals surface area contributed by atoms with Gasteiger partial charge >= 0.3 is 0 Å². The third kappa shape index (κ3) is 3.11. The Balaban J connectivity index is 1.70. The van der Waals surface area contributed by atoms with Gasteiger partial charge in [-0.2, -0.15) is 0 Å². The predicted octanol–water partition coefficient (Wildman–Crippen LogP) is 3.54. The summed E-state index contributed by atoms with van der Waals surface area (Å²) in [5, 5.41) is 0. The number of aryl methyl sites for hydroxylation is 2. The van der Waals surface area contributed by atoms with Crippen molar-refractivity contribution in [2.24, 2.45) is 0 Å². The van der Waals surface area contributed by atoms with Crippen LogP contribution in [-0.4, -0.2) is 37.0 Å². The summed E-state index contributed by atoms with van der Waals surface area (Å²) in [6.45, 7) is 6.74. The third-order valence-corrected chi connectivity index (χ3v) is 4.49. The molecule has 2 aromatic carbocycles. The van der Waals surface area contributed by atoms with E-state index in [1.54, 1.807) is 4.90 Å². The molecule has 1 amide bonds. The Morgan fingerprint density at radius 3 is 2.12 bits per heavy atom. The zero-order valence-corrected chi connectivity index (χ0v) is 13.9. The second kappa shape index (κ2) is 6.59. The van der Waals surface area contributed by atoms with E-state index in [9.17, 15) is 13.6 Å². The van der Waals surface area contributed by atoms with Gasteiger partial charge < -0.3 is 9.80 Å². The van der Waals surface area contributed by atoms with Crippen LogP contribution in [0.1, 0.15) is 21.5 Å².